The molecular formula is C19H20N6O2S2. The number of benzene rings is 1. The maximum Gasteiger partial charge on any atom is 0.233 e. The number of fused-ring (bicyclic) bond motifs is 1. The minimum absolute atomic E-state index is 0.119. The Hall–Kier alpha value is -2.46. The van der Waals surface area contributed by atoms with Crippen LogP contribution in [0.25, 0.3) is 10.2 Å². The van der Waals surface area contributed by atoms with Crippen molar-refractivity contribution in [3.63, 3.8) is 0 Å². The summed E-state index contributed by atoms with van der Waals surface area (Å²) in [7, 11) is 0. The molecule has 1 aromatic carbocycles. The van der Waals surface area contributed by atoms with Gasteiger partial charge in [0.1, 0.15) is 5.69 Å². The van der Waals surface area contributed by atoms with Gasteiger partial charge in [0.25, 0.3) is 0 Å². The number of hydrogen-bond donors (Lipinski definition) is 0. The first kappa shape index (κ1) is 18.6. The summed E-state index contributed by atoms with van der Waals surface area (Å²) in [5.41, 5.74) is 1.78. The van der Waals surface area contributed by atoms with Gasteiger partial charge in [-0.05, 0) is 18.6 Å². The number of thioether (sulfide) groups is 1. The van der Waals surface area contributed by atoms with Crippen LogP contribution in [0.2, 0.25) is 0 Å². The molecule has 0 unspecified atom stereocenters. The fraction of sp³-hybridized carbons (Fsp3) is 0.421. The quantitative estimate of drug-likeness (QED) is 0.560. The summed E-state index contributed by atoms with van der Waals surface area (Å²) in [5, 5.41) is 8.38. The zero-order valence-electron chi connectivity index (χ0n) is 15.7. The van der Waals surface area contributed by atoms with Crippen LogP contribution in [0.3, 0.4) is 0 Å². The van der Waals surface area contributed by atoms with E-state index in [9.17, 15) is 9.59 Å². The Bertz CT molecular complexity index is 1020. The van der Waals surface area contributed by atoms with Crippen molar-refractivity contribution >= 4 is 45.1 Å². The van der Waals surface area contributed by atoms with E-state index in [1.54, 1.807) is 11.3 Å². The van der Waals surface area contributed by atoms with Gasteiger partial charge in [-0.3, -0.25) is 9.59 Å². The number of aromatic nitrogens is 4. The lowest BCUT2D eigenvalue weighted by Crippen LogP contribution is -2.51. The first-order valence-corrected chi connectivity index (χ1v) is 11.4. The second-order valence-corrected chi connectivity index (χ2v) is 9.55. The van der Waals surface area contributed by atoms with Crippen LogP contribution >= 0.6 is 23.1 Å². The Balaban J connectivity index is 1.11. The molecule has 5 rings (SSSR count). The lowest BCUT2D eigenvalue weighted by molar-refractivity contribution is -0.134. The third-order valence-corrected chi connectivity index (χ3v) is 7.43. The first-order valence-electron chi connectivity index (χ1n) is 9.60. The second kappa shape index (κ2) is 7.75. The highest BCUT2D eigenvalue weighted by atomic mass is 32.2. The standard InChI is InChI=1S/C19H20N6O2S2/c26-17-6-3-7-23(17)8-13-9-25(22-21-13)14-10-24(11-14)18(27)12-28-19-20-15-4-1-2-5-16(15)29-19/h1-2,4-5,9,14H,3,6-8,10-12H2. The lowest BCUT2D eigenvalue weighted by atomic mass is 10.1. The molecule has 0 aliphatic carbocycles. The van der Waals surface area contributed by atoms with E-state index in [0.29, 0.717) is 31.8 Å². The molecule has 0 spiro atoms. The highest BCUT2D eigenvalue weighted by Gasteiger charge is 2.33. The molecule has 4 heterocycles. The first-order chi connectivity index (χ1) is 14.2. The van der Waals surface area contributed by atoms with Gasteiger partial charge in [0, 0.05) is 26.1 Å². The number of hydrogen-bond acceptors (Lipinski definition) is 7. The van der Waals surface area contributed by atoms with Gasteiger partial charge in [-0.25, -0.2) is 9.67 Å². The Labute approximate surface area is 175 Å². The molecule has 2 aliphatic rings. The fourth-order valence-corrected chi connectivity index (χ4v) is 5.56. The molecule has 2 aliphatic heterocycles. The summed E-state index contributed by atoms with van der Waals surface area (Å²) < 4.78 is 3.89. The second-order valence-electron chi connectivity index (χ2n) is 7.30. The van der Waals surface area contributed by atoms with Crippen LogP contribution < -0.4 is 0 Å². The third kappa shape index (κ3) is 3.86. The van der Waals surface area contributed by atoms with Crippen LogP contribution in [-0.4, -0.2) is 67.0 Å². The molecule has 150 valence electrons. The predicted molar refractivity (Wildman–Crippen MR) is 111 cm³/mol. The molecule has 2 amide bonds. The molecular weight excluding hydrogens is 408 g/mol. The van der Waals surface area contributed by atoms with Crippen LogP contribution in [-0.2, 0) is 16.1 Å². The fourth-order valence-electron chi connectivity index (χ4n) is 3.58. The van der Waals surface area contributed by atoms with Crippen LogP contribution in [0, 0.1) is 0 Å². The van der Waals surface area contributed by atoms with Gasteiger partial charge in [0.15, 0.2) is 4.34 Å². The molecule has 8 nitrogen and oxygen atoms in total. The molecule has 0 radical (unpaired) electrons. The van der Waals surface area contributed by atoms with E-state index < -0.39 is 0 Å². The monoisotopic (exact) mass is 428 g/mol. The summed E-state index contributed by atoms with van der Waals surface area (Å²) in [5.74, 6) is 0.700. The number of thiazole rings is 1. The Morgan fingerprint density at radius 2 is 2.14 bits per heavy atom. The topological polar surface area (TPSA) is 84.2 Å². The van der Waals surface area contributed by atoms with Crippen LogP contribution in [0.4, 0.5) is 0 Å². The highest BCUT2D eigenvalue weighted by molar-refractivity contribution is 8.01. The average molecular weight is 429 g/mol. The molecule has 2 aromatic heterocycles. The number of nitrogens with zero attached hydrogens (tertiary/aromatic N) is 6. The number of amides is 2. The molecule has 0 N–H and O–H groups in total. The molecule has 0 atom stereocenters. The van der Waals surface area contributed by atoms with Crippen molar-refractivity contribution in [2.24, 2.45) is 0 Å². The molecule has 3 aromatic rings. The number of para-hydroxylation sites is 1. The summed E-state index contributed by atoms with van der Waals surface area (Å²) in [6.07, 6.45) is 3.44. The zero-order chi connectivity index (χ0) is 19.8. The summed E-state index contributed by atoms with van der Waals surface area (Å²) in [6.45, 7) is 2.60. The smallest absolute Gasteiger partial charge is 0.233 e. The lowest BCUT2D eigenvalue weighted by Gasteiger charge is -2.38. The highest BCUT2D eigenvalue weighted by Crippen LogP contribution is 2.30. The minimum Gasteiger partial charge on any atom is -0.338 e. The summed E-state index contributed by atoms with van der Waals surface area (Å²) in [6, 6.07) is 8.16. The van der Waals surface area contributed by atoms with Gasteiger partial charge in [0.2, 0.25) is 11.8 Å². The Morgan fingerprint density at radius 1 is 1.28 bits per heavy atom. The maximum absolute atomic E-state index is 12.5. The maximum atomic E-state index is 12.5. The molecule has 2 fully saturated rings. The van der Waals surface area contributed by atoms with Gasteiger partial charge in [-0.1, -0.05) is 29.1 Å². The largest absolute Gasteiger partial charge is 0.338 e. The van der Waals surface area contributed by atoms with E-state index in [1.807, 2.05) is 44.9 Å². The van der Waals surface area contributed by atoms with Crippen molar-refractivity contribution in [2.45, 2.75) is 29.8 Å². The SMILES string of the molecule is O=C1CCCN1Cc1cn(C2CN(C(=O)CSc3nc4ccccc4s3)C2)nn1. The van der Waals surface area contributed by atoms with Gasteiger partial charge >= 0.3 is 0 Å². The van der Waals surface area contributed by atoms with Gasteiger partial charge in [-0.15, -0.1) is 16.4 Å². The predicted octanol–water partition coefficient (Wildman–Crippen LogP) is 2.19. The number of carbonyl (C=O) groups excluding carboxylic acids is 2. The number of likely N-dealkylation sites (tertiary alicyclic amines) is 2. The van der Waals surface area contributed by atoms with E-state index >= 15 is 0 Å². The normalized spacial score (nSPS) is 17.3. The average Bonchev–Trinajstić information content (AvgIpc) is 3.40. The molecule has 2 saturated heterocycles. The summed E-state index contributed by atoms with van der Waals surface area (Å²) in [4.78, 5) is 32.4. The number of carbonyl (C=O) groups is 2. The van der Waals surface area contributed by atoms with Crippen molar-refractivity contribution < 1.29 is 9.59 Å². The van der Waals surface area contributed by atoms with Crippen molar-refractivity contribution in [3.05, 3.63) is 36.2 Å². The summed E-state index contributed by atoms with van der Waals surface area (Å²) >= 11 is 3.12. The van der Waals surface area contributed by atoms with Crippen molar-refractivity contribution in [3.8, 4) is 0 Å². The van der Waals surface area contributed by atoms with E-state index in [4.69, 9.17) is 0 Å². The van der Waals surface area contributed by atoms with Crippen molar-refractivity contribution in [1.82, 2.24) is 29.8 Å². The minimum atomic E-state index is 0.119. The van der Waals surface area contributed by atoms with E-state index in [1.165, 1.54) is 11.8 Å². The third-order valence-electron chi connectivity index (χ3n) is 5.26. The zero-order valence-corrected chi connectivity index (χ0v) is 17.4. The van der Waals surface area contributed by atoms with E-state index in [0.717, 1.165) is 33.2 Å². The van der Waals surface area contributed by atoms with Crippen LogP contribution in [0.15, 0.2) is 34.8 Å². The Morgan fingerprint density at radius 3 is 2.93 bits per heavy atom. The van der Waals surface area contributed by atoms with Gasteiger partial charge < -0.3 is 9.80 Å². The van der Waals surface area contributed by atoms with Gasteiger partial charge in [0.05, 0.1) is 34.8 Å². The van der Waals surface area contributed by atoms with E-state index in [2.05, 4.69) is 15.3 Å². The van der Waals surface area contributed by atoms with Crippen LogP contribution in [0.1, 0.15) is 24.6 Å². The molecule has 0 saturated carbocycles. The van der Waals surface area contributed by atoms with Gasteiger partial charge in [-0.2, -0.15) is 0 Å². The van der Waals surface area contributed by atoms with Crippen molar-refractivity contribution in [1.29, 1.82) is 0 Å². The molecule has 0 bridgehead atoms. The van der Waals surface area contributed by atoms with Crippen LogP contribution in [0.5, 0.6) is 0 Å². The van der Waals surface area contributed by atoms with Crippen molar-refractivity contribution in [2.75, 3.05) is 25.4 Å². The number of rotatable bonds is 6. The Kier molecular flexibility index (Phi) is 4.96. The van der Waals surface area contributed by atoms with E-state index in [-0.39, 0.29) is 17.9 Å². The molecule has 29 heavy (non-hydrogen) atoms. The molecule has 10 heteroatoms.